The minimum atomic E-state index is 0. The first-order chi connectivity index (χ1) is 0. The molecule has 0 aromatic carbocycles. The van der Waals surface area contributed by atoms with E-state index in [9.17, 15) is 0 Å². The first-order valence-corrected chi connectivity index (χ1v) is 0. The van der Waals surface area contributed by atoms with Gasteiger partial charge in [-0.2, -0.15) is 0 Å². The van der Waals surface area contributed by atoms with Crippen molar-refractivity contribution in [2.24, 2.45) is 0 Å². The third-order valence-corrected chi connectivity index (χ3v) is 0. The first kappa shape index (κ1) is 41.9. The minimum absolute atomic E-state index is 0. The van der Waals surface area contributed by atoms with Gasteiger partial charge in [-0.3, -0.25) is 0 Å². The molecule has 0 rings (SSSR count). The molecule has 0 heterocycles. The molecule has 0 saturated heterocycles. The molecule has 5 heavy (non-hydrogen) atoms. The molecule has 32 valence electrons. The maximum Gasteiger partial charge on any atom is 0 e. The molecule has 0 N–H and O–H groups in total. The van der Waals surface area contributed by atoms with E-state index < -0.39 is 0 Å². The molecule has 0 atom stereocenters. The van der Waals surface area contributed by atoms with Crippen LogP contribution in [0.2, 0.25) is 0 Å². The normalized spacial score (nSPS) is 0. The van der Waals surface area contributed by atoms with Crippen LogP contribution in [0, 0.1) is 0 Å². The average Bonchev–Trinajstić information content (AvgIpc) is 0. The van der Waals surface area contributed by atoms with Crippen molar-refractivity contribution in [2.45, 2.75) is 0 Å². The second-order valence-electron chi connectivity index (χ2n) is 0. The van der Waals surface area contributed by atoms with E-state index in [0.29, 0.717) is 0 Å². The summed E-state index contributed by atoms with van der Waals surface area (Å²) in [5.74, 6) is 0. The standard InChI is InChI=1S/Co.Cr.Mo.Nb.W. The Bertz CT molecular complexity index is 11.6. The van der Waals surface area contributed by atoms with Crippen LogP contribution in [0.3, 0.4) is 0 Å². The maximum absolute atomic E-state index is 0. The van der Waals surface area contributed by atoms with Gasteiger partial charge in [-0.1, -0.05) is 0 Å². The van der Waals surface area contributed by atoms with E-state index in [2.05, 4.69) is 0 Å². The van der Waals surface area contributed by atoms with Crippen LogP contribution < -0.4 is 0 Å². The van der Waals surface area contributed by atoms with Crippen molar-refractivity contribution in [3.63, 3.8) is 0 Å². The van der Waals surface area contributed by atoms with E-state index in [0.717, 1.165) is 0 Å². The summed E-state index contributed by atoms with van der Waals surface area (Å²) in [7, 11) is 0. The third kappa shape index (κ3) is 19.1. The van der Waals surface area contributed by atoms with Crippen LogP contribution in [0.1, 0.15) is 0 Å². The van der Waals surface area contributed by atoms with Crippen molar-refractivity contribution in [1.29, 1.82) is 0 Å². The second-order valence-corrected chi connectivity index (χ2v) is 0. The van der Waals surface area contributed by atoms with Gasteiger partial charge in [0.25, 0.3) is 0 Å². The van der Waals surface area contributed by atoms with Crippen molar-refractivity contribution < 1.29 is 98.7 Å². The SMILES string of the molecule is [Co].[Cr].[Mo].[Nb].[W]. The molecule has 0 aliphatic rings. The Morgan fingerprint density at radius 3 is 1.00 bits per heavy atom. The molecule has 0 saturated carbocycles. The summed E-state index contributed by atoms with van der Waals surface area (Å²) in [6.45, 7) is 0. The fraction of sp³-hybridized carbons (Fsp3) is 0. The van der Waals surface area contributed by atoms with Crippen LogP contribution in [0.15, 0.2) is 0 Å². The predicted molar refractivity (Wildman–Crippen MR) is 0 cm³/mol. The van der Waals surface area contributed by atoms with Crippen molar-refractivity contribution in [2.75, 3.05) is 0 Å². The van der Waals surface area contributed by atoms with E-state index in [-0.39, 0.29) is 98.7 Å². The molecule has 0 nitrogen and oxygen atoms in total. The molecule has 0 spiro atoms. The zero-order valence-corrected chi connectivity index (χ0v) is 11.5. The molecular formula is CoCrMoNbW. The zero-order valence-electron chi connectivity index (χ0n) is 2.01. The van der Waals surface area contributed by atoms with Gasteiger partial charge in [0.05, 0.1) is 0 Å². The molecule has 0 aliphatic carbocycles. The van der Waals surface area contributed by atoms with Crippen LogP contribution in [0.25, 0.3) is 0 Å². The Morgan fingerprint density at radius 2 is 1.00 bits per heavy atom. The summed E-state index contributed by atoms with van der Waals surface area (Å²) in [5, 5.41) is 0. The van der Waals surface area contributed by atoms with Gasteiger partial charge in [0.2, 0.25) is 0 Å². The van der Waals surface area contributed by atoms with E-state index in [1.54, 1.807) is 0 Å². The number of hydrogen-bond acceptors (Lipinski definition) is 0. The summed E-state index contributed by atoms with van der Waals surface area (Å²) in [4.78, 5) is 0. The Morgan fingerprint density at radius 1 is 1.00 bits per heavy atom. The van der Waals surface area contributed by atoms with Gasteiger partial charge in [0, 0.05) is 98.7 Å². The largest absolute Gasteiger partial charge is 0 e. The Hall–Kier alpha value is 3.16. The van der Waals surface area contributed by atoms with Crippen LogP contribution in [-0.4, -0.2) is 0 Å². The molecular weight excluding hydrogens is 484 g/mol. The van der Waals surface area contributed by atoms with Gasteiger partial charge in [-0.15, -0.1) is 0 Å². The molecule has 0 bridgehead atoms. The first-order valence-electron chi connectivity index (χ1n) is 0. The van der Waals surface area contributed by atoms with Crippen LogP contribution >= 0.6 is 0 Å². The summed E-state index contributed by atoms with van der Waals surface area (Å²) < 4.78 is 0. The van der Waals surface area contributed by atoms with Crippen LogP contribution in [0.4, 0.5) is 0 Å². The van der Waals surface area contributed by atoms with Gasteiger partial charge in [0.15, 0.2) is 0 Å². The number of rotatable bonds is 0. The Kier molecular flexibility index (Phi) is 228. The minimum Gasteiger partial charge on any atom is 0 e. The zero-order chi connectivity index (χ0) is 0. The van der Waals surface area contributed by atoms with Gasteiger partial charge in [-0.05, 0) is 0 Å². The molecule has 0 aliphatic heterocycles. The number of hydrogen-bond donors (Lipinski definition) is 0. The smallest absolute Gasteiger partial charge is 0 e. The monoisotopic (exact) mass is 486 g/mol. The molecule has 2 radical (unpaired) electrons. The van der Waals surface area contributed by atoms with E-state index in [4.69, 9.17) is 0 Å². The van der Waals surface area contributed by atoms with Gasteiger partial charge in [0.1, 0.15) is 0 Å². The van der Waals surface area contributed by atoms with Crippen LogP contribution in [0.5, 0.6) is 0 Å². The molecule has 0 amide bonds. The summed E-state index contributed by atoms with van der Waals surface area (Å²) >= 11 is 0. The van der Waals surface area contributed by atoms with Crippen molar-refractivity contribution in [1.82, 2.24) is 0 Å². The average molecular weight is 484 g/mol. The summed E-state index contributed by atoms with van der Waals surface area (Å²) in [5.41, 5.74) is 0. The van der Waals surface area contributed by atoms with Gasteiger partial charge < -0.3 is 0 Å². The van der Waals surface area contributed by atoms with Crippen molar-refractivity contribution >= 4 is 0 Å². The van der Waals surface area contributed by atoms with Crippen LogP contribution in [-0.2, 0) is 98.7 Å². The molecule has 0 aromatic heterocycles. The predicted octanol–water partition coefficient (Wildman–Crippen LogP) is -0.0125. The second kappa shape index (κ2) is 27.2. The molecule has 0 fully saturated rings. The Labute approximate surface area is 97.0 Å². The van der Waals surface area contributed by atoms with Gasteiger partial charge >= 0.3 is 0 Å². The van der Waals surface area contributed by atoms with E-state index in [1.165, 1.54) is 0 Å². The molecule has 0 unspecified atom stereocenters. The molecule has 5 heteroatoms. The maximum atomic E-state index is 0. The van der Waals surface area contributed by atoms with E-state index in [1.807, 2.05) is 0 Å². The van der Waals surface area contributed by atoms with Crippen molar-refractivity contribution in [3.05, 3.63) is 0 Å². The third-order valence-electron chi connectivity index (χ3n) is 0. The van der Waals surface area contributed by atoms with Crippen molar-refractivity contribution in [3.8, 4) is 0 Å². The Balaban J connectivity index is 0. The fourth-order valence-electron chi connectivity index (χ4n) is 0. The quantitative estimate of drug-likeness (QED) is 0.426. The summed E-state index contributed by atoms with van der Waals surface area (Å²) in [6.07, 6.45) is 0. The van der Waals surface area contributed by atoms with Gasteiger partial charge in [-0.25, -0.2) is 0 Å². The van der Waals surface area contributed by atoms with E-state index >= 15 is 0 Å². The topological polar surface area (TPSA) is 0 Å². The fourth-order valence-corrected chi connectivity index (χ4v) is 0. The molecule has 0 aromatic rings. The summed E-state index contributed by atoms with van der Waals surface area (Å²) in [6, 6.07) is 0.